The molecule has 4 rings (SSSR count). The Bertz CT molecular complexity index is 923. The molecule has 7 heteroatoms. The first-order valence-electron chi connectivity index (χ1n) is 10.8. The summed E-state index contributed by atoms with van der Waals surface area (Å²) in [6.45, 7) is 7.98. The number of hydrogen-bond acceptors (Lipinski definition) is 5. The smallest absolute Gasteiger partial charge is 0.240 e. The van der Waals surface area contributed by atoms with E-state index < -0.39 is 10.0 Å². The maximum absolute atomic E-state index is 12.7. The van der Waals surface area contributed by atoms with Gasteiger partial charge in [0.2, 0.25) is 10.0 Å². The highest BCUT2D eigenvalue weighted by Gasteiger charge is 2.25. The Morgan fingerprint density at radius 2 is 1.60 bits per heavy atom. The molecular formula is C23H31N3O3S. The van der Waals surface area contributed by atoms with Crippen molar-refractivity contribution in [3.05, 3.63) is 48.5 Å². The molecule has 2 aromatic rings. The van der Waals surface area contributed by atoms with Gasteiger partial charge in [0.1, 0.15) is 0 Å². The van der Waals surface area contributed by atoms with E-state index in [0.717, 1.165) is 63.4 Å². The normalized spacial score (nSPS) is 20.6. The van der Waals surface area contributed by atoms with Crippen LogP contribution in [0, 0.1) is 0 Å². The second-order valence-corrected chi connectivity index (χ2v) is 9.71. The van der Waals surface area contributed by atoms with Gasteiger partial charge in [-0.15, -0.1) is 0 Å². The molecule has 0 bridgehead atoms. The molecule has 2 aliphatic heterocycles. The molecule has 0 aliphatic carbocycles. The Hall–Kier alpha value is -1.93. The lowest BCUT2D eigenvalue weighted by molar-refractivity contribution is 0.122. The molecular weight excluding hydrogens is 398 g/mol. The van der Waals surface area contributed by atoms with Gasteiger partial charge in [0.25, 0.3) is 0 Å². The molecule has 2 fully saturated rings. The van der Waals surface area contributed by atoms with Gasteiger partial charge in [-0.2, -0.15) is 0 Å². The predicted octanol–water partition coefficient (Wildman–Crippen LogP) is 2.95. The van der Waals surface area contributed by atoms with Gasteiger partial charge in [-0.05, 0) is 61.3 Å². The Kier molecular flexibility index (Phi) is 6.73. The molecule has 1 N–H and O–H groups in total. The Morgan fingerprint density at radius 1 is 0.967 bits per heavy atom. The van der Waals surface area contributed by atoms with Crippen LogP contribution in [0.2, 0.25) is 0 Å². The van der Waals surface area contributed by atoms with Crippen molar-refractivity contribution in [3.8, 4) is 11.1 Å². The molecule has 0 amide bonds. The number of nitrogens with one attached hydrogen (secondary N) is 1. The Morgan fingerprint density at radius 3 is 2.23 bits per heavy atom. The molecule has 0 saturated carbocycles. The fourth-order valence-corrected chi connectivity index (χ4v) is 5.42. The maximum Gasteiger partial charge on any atom is 0.240 e. The highest BCUT2D eigenvalue weighted by atomic mass is 32.2. The Labute approximate surface area is 179 Å². The highest BCUT2D eigenvalue weighted by Crippen LogP contribution is 2.25. The molecule has 0 aromatic heterocycles. The third kappa shape index (κ3) is 4.86. The van der Waals surface area contributed by atoms with Gasteiger partial charge < -0.3 is 9.64 Å². The van der Waals surface area contributed by atoms with Gasteiger partial charge in [-0.1, -0.05) is 31.2 Å². The van der Waals surface area contributed by atoms with Crippen molar-refractivity contribution in [2.45, 2.75) is 30.7 Å². The molecule has 2 saturated heterocycles. The minimum Gasteiger partial charge on any atom is -0.378 e. The van der Waals surface area contributed by atoms with E-state index in [9.17, 15) is 8.42 Å². The maximum atomic E-state index is 12.7. The zero-order chi connectivity index (χ0) is 21.0. The number of hydrogen-bond donors (Lipinski definition) is 1. The largest absolute Gasteiger partial charge is 0.378 e. The minimum absolute atomic E-state index is 0.300. The van der Waals surface area contributed by atoms with Crippen LogP contribution in [-0.4, -0.2) is 65.3 Å². The van der Waals surface area contributed by atoms with E-state index in [2.05, 4.69) is 45.7 Å². The monoisotopic (exact) mass is 429 g/mol. The quantitative estimate of drug-likeness (QED) is 0.733. The summed E-state index contributed by atoms with van der Waals surface area (Å²) in [4.78, 5) is 4.97. The van der Waals surface area contributed by atoms with E-state index in [0.29, 0.717) is 17.5 Å². The van der Waals surface area contributed by atoms with Crippen LogP contribution < -0.4 is 9.62 Å². The first-order valence-corrected chi connectivity index (χ1v) is 12.3. The average molecular weight is 430 g/mol. The molecule has 2 heterocycles. The number of rotatable bonds is 7. The molecule has 30 heavy (non-hydrogen) atoms. The van der Waals surface area contributed by atoms with Crippen molar-refractivity contribution in [1.82, 2.24) is 9.62 Å². The summed E-state index contributed by atoms with van der Waals surface area (Å²) in [7, 11) is -3.49. The van der Waals surface area contributed by atoms with Crippen LogP contribution >= 0.6 is 0 Å². The van der Waals surface area contributed by atoms with E-state index in [1.54, 1.807) is 12.1 Å². The van der Waals surface area contributed by atoms with Gasteiger partial charge >= 0.3 is 0 Å². The standard InChI is InChI=1S/C23H31N3O3S/c1-2-25-13-3-4-22(25)18-24-30(27,28)23-11-7-20(8-12-23)19-5-9-21(10-6-19)26-14-16-29-17-15-26/h5-12,22,24H,2-4,13-18H2,1H3. The minimum atomic E-state index is -3.49. The summed E-state index contributed by atoms with van der Waals surface area (Å²) >= 11 is 0. The van der Waals surface area contributed by atoms with E-state index in [1.807, 2.05) is 12.1 Å². The van der Waals surface area contributed by atoms with Crippen molar-refractivity contribution in [2.75, 3.05) is 50.8 Å². The van der Waals surface area contributed by atoms with E-state index >= 15 is 0 Å². The van der Waals surface area contributed by atoms with Gasteiger partial charge in [0.15, 0.2) is 0 Å². The fraction of sp³-hybridized carbons (Fsp3) is 0.478. The van der Waals surface area contributed by atoms with Crippen molar-refractivity contribution in [2.24, 2.45) is 0 Å². The van der Waals surface area contributed by atoms with Crippen LogP contribution in [0.3, 0.4) is 0 Å². The molecule has 6 nitrogen and oxygen atoms in total. The second kappa shape index (κ2) is 9.47. The third-order valence-corrected chi connectivity index (χ3v) is 7.60. The van der Waals surface area contributed by atoms with E-state index in [4.69, 9.17) is 4.74 Å². The van der Waals surface area contributed by atoms with Crippen LogP contribution in [0.1, 0.15) is 19.8 Å². The van der Waals surface area contributed by atoms with Crippen molar-refractivity contribution < 1.29 is 13.2 Å². The van der Waals surface area contributed by atoms with Gasteiger partial charge in [-0.25, -0.2) is 13.1 Å². The van der Waals surface area contributed by atoms with Gasteiger partial charge in [-0.3, -0.25) is 4.90 Å². The number of benzene rings is 2. The van der Waals surface area contributed by atoms with Gasteiger partial charge in [0.05, 0.1) is 18.1 Å². The number of anilines is 1. The molecule has 0 spiro atoms. The molecule has 0 radical (unpaired) electrons. The first-order chi connectivity index (χ1) is 14.6. The highest BCUT2D eigenvalue weighted by molar-refractivity contribution is 7.89. The van der Waals surface area contributed by atoms with Crippen molar-refractivity contribution >= 4 is 15.7 Å². The molecule has 1 atom stereocenters. The lowest BCUT2D eigenvalue weighted by Crippen LogP contribution is -2.39. The number of nitrogens with zero attached hydrogens (tertiary/aromatic N) is 2. The average Bonchev–Trinajstić information content (AvgIpc) is 3.26. The van der Waals surface area contributed by atoms with E-state index in [-0.39, 0.29) is 0 Å². The number of likely N-dealkylation sites (tertiary alicyclic amines) is 1. The summed E-state index contributed by atoms with van der Waals surface area (Å²) in [6, 6.07) is 15.9. The lowest BCUT2D eigenvalue weighted by atomic mass is 10.1. The van der Waals surface area contributed by atoms with Crippen LogP contribution in [0.25, 0.3) is 11.1 Å². The molecule has 162 valence electrons. The van der Waals surface area contributed by atoms with Crippen molar-refractivity contribution in [3.63, 3.8) is 0 Å². The second-order valence-electron chi connectivity index (χ2n) is 7.95. The van der Waals surface area contributed by atoms with E-state index in [1.165, 1.54) is 5.69 Å². The van der Waals surface area contributed by atoms with Crippen molar-refractivity contribution in [1.29, 1.82) is 0 Å². The third-order valence-electron chi connectivity index (χ3n) is 6.16. The summed E-state index contributed by atoms with van der Waals surface area (Å²) in [5, 5.41) is 0. The number of morpholine rings is 1. The fourth-order valence-electron chi connectivity index (χ4n) is 4.34. The van der Waals surface area contributed by atoms with Crippen LogP contribution in [-0.2, 0) is 14.8 Å². The number of ether oxygens (including phenoxy) is 1. The lowest BCUT2D eigenvalue weighted by Gasteiger charge is -2.28. The topological polar surface area (TPSA) is 61.9 Å². The molecule has 2 aliphatic rings. The Balaban J connectivity index is 1.40. The molecule has 1 unspecified atom stereocenters. The summed E-state index contributed by atoms with van der Waals surface area (Å²) in [6.07, 6.45) is 2.19. The van der Waals surface area contributed by atoms with Gasteiger partial charge in [0, 0.05) is 31.4 Å². The zero-order valence-corrected chi connectivity index (χ0v) is 18.4. The number of sulfonamides is 1. The summed E-state index contributed by atoms with van der Waals surface area (Å²) in [5.41, 5.74) is 3.28. The SMILES string of the molecule is CCN1CCCC1CNS(=O)(=O)c1ccc(-c2ccc(N3CCOCC3)cc2)cc1. The number of likely N-dealkylation sites (N-methyl/N-ethyl adjacent to an activating group) is 1. The summed E-state index contributed by atoms with van der Waals surface area (Å²) < 4.78 is 33.6. The first kappa shape index (κ1) is 21.3. The van der Waals surface area contributed by atoms with Crippen LogP contribution in [0.15, 0.2) is 53.4 Å². The van der Waals surface area contributed by atoms with Crippen LogP contribution in [0.5, 0.6) is 0 Å². The van der Waals surface area contributed by atoms with Crippen LogP contribution in [0.4, 0.5) is 5.69 Å². The predicted molar refractivity (Wildman–Crippen MR) is 120 cm³/mol. The zero-order valence-electron chi connectivity index (χ0n) is 17.6. The summed E-state index contributed by atoms with van der Waals surface area (Å²) in [5.74, 6) is 0. The molecule has 2 aromatic carbocycles.